The van der Waals surface area contributed by atoms with Crippen LogP contribution in [0.1, 0.15) is 67.9 Å². The number of nitrogens with one attached hydrogen (secondary N) is 1. The maximum Gasteiger partial charge on any atom is 0.252 e. The number of benzene rings is 2. The Morgan fingerprint density at radius 3 is 2.06 bits per heavy atom. The fourth-order valence-electron chi connectivity index (χ4n) is 4.18. The molecule has 1 aliphatic carbocycles. The molecular weight excluding hydrogens is 396 g/mol. The average molecular weight is 420 g/mol. The molecule has 2 aromatic rings. The number of amides is 2. The Kier molecular flexibility index (Phi) is 5.95. The highest BCUT2D eigenvalue weighted by molar-refractivity contribution is 6.28. The monoisotopic (exact) mass is 420 g/mol. The molecule has 2 aliphatic rings. The lowest BCUT2D eigenvalue weighted by Gasteiger charge is -2.26. The van der Waals surface area contributed by atoms with Gasteiger partial charge in [0.1, 0.15) is 6.04 Å². The highest BCUT2D eigenvalue weighted by Crippen LogP contribution is 2.28. The smallest absolute Gasteiger partial charge is 0.252 e. The summed E-state index contributed by atoms with van der Waals surface area (Å²) in [7, 11) is 0. The van der Waals surface area contributed by atoms with Gasteiger partial charge in [-0.3, -0.25) is 19.2 Å². The molecule has 1 atom stereocenters. The summed E-state index contributed by atoms with van der Waals surface area (Å²) in [5.74, 6) is -1.47. The van der Waals surface area contributed by atoms with Crippen molar-refractivity contribution in [3.8, 4) is 0 Å². The van der Waals surface area contributed by atoms with Gasteiger partial charge in [0, 0.05) is 40.9 Å². The summed E-state index contributed by atoms with van der Waals surface area (Å²) >= 11 is 0. The number of nitrogens with zero attached hydrogens (tertiary/aromatic N) is 1. The first-order chi connectivity index (χ1) is 15.0. The number of rotatable bonds is 4. The number of hydrogen-bond acceptors (Lipinski definition) is 5. The van der Waals surface area contributed by atoms with Crippen molar-refractivity contribution in [2.24, 2.45) is 0 Å². The molecule has 0 saturated carbocycles. The minimum atomic E-state index is -1.06. The average Bonchev–Trinajstić information content (AvgIpc) is 3.09. The molecule has 0 unspecified atom stereocenters. The molecule has 2 N–H and O–H groups in total. The highest BCUT2D eigenvalue weighted by Gasteiger charge is 2.31. The molecule has 0 aromatic heterocycles. The van der Waals surface area contributed by atoms with E-state index in [1.165, 1.54) is 18.2 Å². The number of hydrogen-bond donors (Lipinski definition) is 2. The van der Waals surface area contributed by atoms with Crippen LogP contribution < -0.4 is 5.32 Å². The van der Waals surface area contributed by atoms with Gasteiger partial charge in [-0.1, -0.05) is 37.1 Å². The van der Waals surface area contributed by atoms with Crippen molar-refractivity contribution in [2.75, 3.05) is 19.7 Å². The molecule has 2 aromatic carbocycles. The number of likely N-dealkylation sites (tertiary alicyclic amines) is 1. The van der Waals surface area contributed by atoms with Gasteiger partial charge < -0.3 is 15.3 Å². The second-order valence-corrected chi connectivity index (χ2v) is 7.91. The third kappa shape index (κ3) is 4.01. The molecule has 2 amide bonds. The Labute approximate surface area is 180 Å². The van der Waals surface area contributed by atoms with Gasteiger partial charge in [0.25, 0.3) is 5.91 Å². The van der Waals surface area contributed by atoms with Crippen molar-refractivity contribution in [3.05, 3.63) is 70.3 Å². The molecule has 4 rings (SSSR count). The van der Waals surface area contributed by atoms with Gasteiger partial charge in [-0.05, 0) is 31.0 Å². The molecule has 31 heavy (non-hydrogen) atoms. The molecule has 1 heterocycles. The standard InChI is InChI=1S/C24H24N2O5/c27-14-20(24(31)26-11-5-1-2-6-12-26)25-23(30)15-9-10-18-19(13-15)22(29)17-8-4-3-7-16(17)21(18)28/h3-4,7-10,13,20,27H,1-2,5-6,11-12,14H2,(H,25,30)/t20-/m0/s1. The molecule has 1 aliphatic heterocycles. The first-order valence-electron chi connectivity index (χ1n) is 10.5. The lowest BCUT2D eigenvalue weighted by Crippen LogP contribution is -2.50. The van der Waals surface area contributed by atoms with Gasteiger partial charge in [-0.25, -0.2) is 0 Å². The van der Waals surface area contributed by atoms with Crippen LogP contribution in [0.15, 0.2) is 42.5 Å². The lowest BCUT2D eigenvalue weighted by molar-refractivity contribution is -0.134. The Balaban J connectivity index is 1.54. The minimum Gasteiger partial charge on any atom is -0.394 e. The van der Waals surface area contributed by atoms with Crippen LogP contribution in [0.5, 0.6) is 0 Å². The fraction of sp³-hybridized carbons (Fsp3) is 0.333. The van der Waals surface area contributed by atoms with E-state index in [1.807, 2.05) is 0 Å². The second kappa shape index (κ2) is 8.81. The predicted octanol–water partition coefficient (Wildman–Crippen LogP) is 1.96. The number of carbonyl (C=O) groups excluding carboxylic acids is 4. The molecule has 1 fully saturated rings. The predicted molar refractivity (Wildman–Crippen MR) is 113 cm³/mol. The quantitative estimate of drug-likeness (QED) is 0.672. The van der Waals surface area contributed by atoms with Crippen LogP contribution in [-0.4, -0.2) is 59.1 Å². The summed E-state index contributed by atoms with van der Waals surface area (Å²) < 4.78 is 0. The Hall–Kier alpha value is -3.32. The van der Waals surface area contributed by atoms with E-state index < -0.39 is 18.6 Å². The van der Waals surface area contributed by atoms with E-state index in [2.05, 4.69) is 5.32 Å². The van der Waals surface area contributed by atoms with Gasteiger partial charge in [0.2, 0.25) is 5.91 Å². The molecular formula is C24H24N2O5. The maximum atomic E-state index is 12.9. The van der Waals surface area contributed by atoms with Crippen LogP contribution in [-0.2, 0) is 4.79 Å². The van der Waals surface area contributed by atoms with E-state index >= 15 is 0 Å². The minimum absolute atomic E-state index is 0.154. The van der Waals surface area contributed by atoms with E-state index in [0.29, 0.717) is 24.2 Å². The zero-order chi connectivity index (χ0) is 22.0. The Bertz CT molecular complexity index is 1050. The molecule has 0 bridgehead atoms. The maximum absolute atomic E-state index is 12.9. The SMILES string of the molecule is O=C(N[C@@H](CO)C(=O)N1CCCCCC1)c1ccc2c(c1)C(=O)c1ccccc1C2=O. The molecule has 0 spiro atoms. The highest BCUT2D eigenvalue weighted by atomic mass is 16.3. The number of aliphatic hydroxyl groups excluding tert-OH is 1. The zero-order valence-corrected chi connectivity index (χ0v) is 17.1. The van der Waals surface area contributed by atoms with E-state index in [9.17, 15) is 24.3 Å². The van der Waals surface area contributed by atoms with Crippen LogP contribution in [0.2, 0.25) is 0 Å². The molecule has 0 radical (unpaired) electrons. The third-order valence-electron chi connectivity index (χ3n) is 5.89. The van der Waals surface area contributed by atoms with Gasteiger partial charge in [0.15, 0.2) is 11.6 Å². The number of carbonyl (C=O) groups is 4. The van der Waals surface area contributed by atoms with Crippen molar-refractivity contribution in [3.63, 3.8) is 0 Å². The van der Waals surface area contributed by atoms with Crippen LogP contribution in [0.25, 0.3) is 0 Å². The number of aliphatic hydroxyl groups is 1. The zero-order valence-electron chi connectivity index (χ0n) is 17.1. The normalized spacial score (nSPS) is 16.7. The largest absolute Gasteiger partial charge is 0.394 e. The van der Waals surface area contributed by atoms with Gasteiger partial charge in [0.05, 0.1) is 6.61 Å². The van der Waals surface area contributed by atoms with Crippen LogP contribution in [0.4, 0.5) is 0 Å². The lowest BCUT2D eigenvalue weighted by atomic mass is 9.83. The summed E-state index contributed by atoms with van der Waals surface area (Å²) in [5.41, 5.74) is 1.22. The number of ketones is 2. The summed E-state index contributed by atoms with van der Waals surface area (Å²) in [6.45, 7) is 0.705. The van der Waals surface area contributed by atoms with Gasteiger partial charge in [-0.15, -0.1) is 0 Å². The first kappa shape index (κ1) is 20.9. The van der Waals surface area contributed by atoms with Crippen molar-refractivity contribution in [1.82, 2.24) is 10.2 Å². The van der Waals surface area contributed by atoms with Gasteiger partial charge >= 0.3 is 0 Å². The van der Waals surface area contributed by atoms with E-state index in [-0.39, 0.29) is 34.2 Å². The summed E-state index contributed by atoms with van der Waals surface area (Å²) in [4.78, 5) is 52.8. The first-order valence-corrected chi connectivity index (χ1v) is 10.5. The fourth-order valence-corrected chi connectivity index (χ4v) is 4.18. The van der Waals surface area contributed by atoms with Crippen LogP contribution in [0.3, 0.4) is 0 Å². The van der Waals surface area contributed by atoms with Crippen molar-refractivity contribution < 1.29 is 24.3 Å². The van der Waals surface area contributed by atoms with Crippen molar-refractivity contribution >= 4 is 23.4 Å². The summed E-state index contributed by atoms with van der Waals surface area (Å²) in [6.07, 6.45) is 3.93. The third-order valence-corrected chi connectivity index (χ3v) is 5.89. The molecule has 7 nitrogen and oxygen atoms in total. The van der Waals surface area contributed by atoms with E-state index in [1.54, 1.807) is 29.2 Å². The van der Waals surface area contributed by atoms with E-state index in [4.69, 9.17) is 0 Å². The molecule has 7 heteroatoms. The Morgan fingerprint density at radius 1 is 0.871 bits per heavy atom. The topological polar surface area (TPSA) is 104 Å². The van der Waals surface area contributed by atoms with Crippen LogP contribution in [0, 0.1) is 0 Å². The number of fused-ring (bicyclic) bond motifs is 2. The summed E-state index contributed by atoms with van der Waals surface area (Å²) in [5, 5.41) is 12.3. The Morgan fingerprint density at radius 2 is 1.45 bits per heavy atom. The summed E-state index contributed by atoms with van der Waals surface area (Å²) in [6, 6.07) is 9.83. The van der Waals surface area contributed by atoms with E-state index in [0.717, 1.165) is 25.7 Å². The molecule has 160 valence electrons. The second-order valence-electron chi connectivity index (χ2n) is 7.91. The van der Waals surface area contributed by atoms with Crippen molar-refractivity contribution in [2.45, 2.75) is 31.7 Å². The van der Waals surface area contributed by atoms with Gasteiger partial charge in [-0.2, -0.15) is 0 Å². The van der Waals surface area contributed by atoms with Crippen molar-refractivity contribution in [1.29, 1.82) is 0 Å². The molecule has 1 saturated heterocycles. The van der Waals surface area contributed by atoms with Crippen LogP contribution >= 0.6 is 0 Å².